The van der Waals surface area contributed by atoms with Gasteiger partial charge in [0, 0.05) is 0 Å². The molecule has 0 atom stereocenters. The first kappa shape index (κ1) is 11.1. The van der Waals surface area contributed by atoms with Crippen LogP contribution in [0.5, 0.6) is 0 Å². The average molecular weight is 173 g/mol. The molecule has 3 N–H and O–H groups in total. The van der Waals surface area contributed by atoms with E-state index in [2.05, 4.69) is 0 Å². The van der Waals surface area contributed by atoms with Crippen LogP contribution in [0.25, 0.3) is 0 Å². The molecule has 70 valence electrons. The van der Waals surface area contributed by atoms with Crippen LogP contribution < -0.4 is 5.73 Å². The lowest BCUT2D eigenvalue weighted by Crippen LogP contribution is -2.49. The van der Waals surface area contributed by atoms with Crippen LogP contribution in [0.2, 0.25) is 0 Å². The van der Waals surface area contributed by atoms with Crippen LogP contribution in [0.4, 0.5) is 0 Å². The average Bonchev–Trinajstić information content (AvgIpc) is 2.09. The van der Waals surface area contributed by atoms with Gasteiger partial charge < -0.3 is 15.6 Å². The Hall–Kier alpha value is -0.900. The van der Waals surface area contributed by atoms with Gasteiger partial charge in [0.15, 0.2) is 0 Å². The lowest BCUT2D eigenvalue weighted by Gasteiger charge is -2.28. The van der Waals surface area contributed by atoms with Gasteiger partial charge in [0.2, 0.25) is 0 Å². The molecule has 0 unspecified atom stereocenters. The highest BCUT2D eigenvalue weighted by molar-refractivity contribution is 5.78. The Bertz CT molecular complexity index is 152. The van der Waals surface area contributed by atoms with Crippen molar-refractivity contribution in [2.75, 3.05) is 0 Å². The number of hydrogen-bond acceptors (Lipinski definition) is 3. The first-order valence-electron chi connectivity index (χ1n) is 3.96. The number of carbonyl (C=O) groups excluding carboxylic acids is 1. The minimum atomic E-state index is -0.905. The third-order valence-electron chi connectivity index (χ3n) is 2.17. The number of carboxylic acids is 1. The predicted octanol–water partition coefficient (Wildman–Crippen LogP) is 0.548. The number of nitrogens with two attached hydrogens (primary N) is 1. The highest BCUT2D eigenvalue weighted by Crippen LogP contribution is 2.25. The third kappa shape index (κ3) is 2.62. The predicted molar refractivity (Wildman–Crippen MR) is 44.8 cm³/mol. The van der Waals surface area contributed by atoms with Crippen molar-refractivity contribution >= 4 is 12.8 Å². The first-order chi connectivity index (χ1) is 5.65. The van der Waals surface area contributed by atoms with Crippen LogP contribution in [0, 0.1) is 0 Å². The Labute approximate surface area is 71.8 Å². The van der Waals surface area contributed by atoms with E-state index in [9.17, 15) is 4.79 Å². The first-order valence-corrected chi connectivity index (χ1v) is 3.96. The van der Waals surface area contributed by atoms with E-state index in [0.29, 0.717) is 12.8 Å². The van der Waals surface area contributed by atoms with Gasteiger partial charge in [-0.25, -0.2) is 0 Å². The molecule has 4 heteroatoms. The van der Waals surface area contributed by atoms with Gasteiger partial charge in [0.25, 0.3) is 0 Å². The van der Waals surface area contributed by atoms with Crippen LogP contribution in [0.3, 0.4) is 0 Å². The van der Waals surface area contributed by atoms with E-state index in [1.807, 2.05) is 6.79 Å². The molecule has 0 heterocycles. The third-order valence-corrected chi connectivity index (χ3v) is 2.17. The second kappa shape index (κ2) is 4.87. The molecule has 1 fully saturated rings. The van der Waals surface area contributed by atoms with Gasteiger partial charge >= 0.3 is 5.97 Å². The van der Waals surface area contributed by atoms with Gasteiger partial charge in [0.05, 0.1) is 0 Å². The lowest BCUT2D eigenvalue weighted by atomic mass is 9.83. The summed E-state index contributed by atoms with van der Waals surface area (Å²) < 4.78 is 0. The van der Waals surface area contributed by atoms with E-state index in [4.69, 9.17) is 15.6 Å². The maximum Gasteiger partial charge on any atom is 0.323 e. The maximum atomic E-state index is 10.6. The zero-order chi connectivity index (χ0) is 9.61. The minimum absolute atomic E-state index is 0.641. The highest BCUT2D eigenvalue weighted by Gasteiger charge is 2.34. The molecule has 0 radical (unpaired) electrons. The monoisotopic (exact) mass is 173 g/mol. The normalized spacial score (nSPS) is 20.4. The van der Waals surface area contributed by atoms with E-state index in [-0.39, 0.29) is 0 Å². The van der Waals surface area contributed by atoms with Gasteiger partial charge in [-0.05, 0) is 12.8 Å². The topological polar surface area (TPSA) is 80.4 Å². The molecule has 0 aromatic carbocycles. The Balaban J connectivity index is 0.000000561. The molecule has 1 aliphatic rings. The Morgan fingerprint density at radius 1 is 1.25 bits per heavy atom. The molecule has 0 amide bonds. The van der Waals surface area contributed by atoms with Gasteiger partial charge in [-0.2, -0.15) is 0 Å². The molecule has 0 bridgehead atoms. The number of carboxylic acid groups (broad SMARTS) is 1. The Morgan fingerprint density at radius 2 is 1.67 bits per heavy atom. The minimum Gasteiger partial charge on any atom is -0.480 e. The molecular formula is C8H15NO3. The number of aliphatic carboxylic acids is 1. The molecule has 0 aliphatic heterocycles. The van der Waals surface area contributed by atoms with Crippen molar-refractivity contribution < 1.29 is 14.7 Å². The summed E-state index contributed by atoms with van der Waals surface area (Å²) in [5.41, 5.74) is 4.70. The number of rotatable bonds is 1. The standard InChI is InChI=1S/C7H13NO2.CH2O/c8-7(6(9)10)4-2-1-3-5-7;1-2/h1-5,8H2,(H,9,10);1H2. The van der Waals surface area contributed by atoms with Gasteiger partial charge in [-0.1, -0.05) is 19.3 Å². The highest BCUT2D eigenvalue weighted by atomic mass is 16.4. The summed E-state index contributed by atoms with van der Waals surface area (Å²) in [7, 11) is 0. The van der Waals surface area contributed by atoms with Crippen molar-refractivity contribution in [2.45, 2.75) is 37.6 Å². The fraction of sp³-hybridized carbons (Fsp3) is 0.750. The second-order valence-electron chi connectivity index (χ2n) is 3.02. The van der Waals surface area contributed by atoms with E-state index in [1.165, 1.54) is 0 Å². The molecule has 0 spiro atoms. The van der Waals surface area contributed by atoms with E-state index in [0.717, 1.165) is 19.3 Å². The summed E-state index contributed by atoms with van der Waals surface area (Å²) >= 11 is 0. The van der Waals surface area contributed by atoms with Crippen LogP contribution >= 0.6 is 0 Å². The molecular weight excluding hydrogens is 158 g/mol. The quantitative estimate of drug-likeness (QED) is 0.606. The lowest BCUT2D eigenvalue weighted by molar-refractivity contribution is -0.144. The van der Waals surface area contributed by atoms with E-state index in [1.54, 1.807) is 0 Å². The molecule has 4 nitrogen and oxygen atoms in total. The van der Waals surface area contributed by atoms with Crippen LogP contribution in [0.1, 0.15) is 32.1 Å². The number of carbonyl (C=O) groups is 2. The summed E-state index contributed by atoms with van der Waals surface area (Å²) in [6.07, 6.45) is 4.34. The zero-order valence-electron chi connectivity index (χ0n) is 7.08. The number of hydrogen-bond donors (Lipinski definition) is 2. The summed E-state index contributed by atoms with van der Waals surface area (Å²) in [6.45, 7) is 2.00. The largest absolute Gasteiger partial charge is 0.480 e. The van der Waals surface area contributed by atoms with Crippen molar-refractivity contribution in [1.82, 2.24) is 0 Å². The van der Waals surface area contributed by atoms with Crippen molar-refractivity contribution in [3.63, 3.8) is 0 Å². The summed E-state index contributed by atoms with van der Waals surface area (Å²) in [5, 5.41) is 8.67. The summed E-state index contributed by atoms with van der Waals surface area (Å²) in [4.78, 5) is 18.6. The van der Waals surface area contributed by atoms with Gasteiger partial charge in [0.1, 0.15) is 12.3 Å². The SMILES string of the molecule is C=O.NC1(C(=O)O)CCCCC1. The summed E-state index contributed by atoms with van der Waals surface area (Å²) in [5.74, 6) is -0.841. The van der Waals surface area contributed by atoms with Crippen LogP contribution in [0.15, 0.2) is 0 Å². The smallest absolute Gasteiger partial charge is 0.323 e. The summed E-state index contributed by atoms with van der Waals surface area (Å²) in [6, 6.07) is 0. The molecule has 1 rings (SSSR count). The second-order valence-corrected chi connectivity index (χ2v) is 3.02. The zero-order valence-corrected chi connectivity index (χ0v) is 7.08. The molecule has 12 heavy (non-hydrogen) atoms. The van der Waals surface area contributed by atoms with Gasteiger partial charge in [-0.15, -0.1) is 0 Å². The fourth-order valence-electron chi connectivity index (χ4n) is 1.40. The molecule has 1 aliphatic carbocycles. The van der Waals surface area contributed by atoms with Crippen molar-refractivity contribution in [3.05, 3.63) is 0 Å². The molecule has 1 saturated carbocycles. The van der Waals surface area contributed by atoms with Crippen LogP contribution in [-0.2, 0) is 9.59 Å². The van der Waals surface area contributed by atoms with E-state index < -0.39 is 11.5 Å². The van der Waals surface area contributed by atoms with Crippen LogP contribution in [-0.4, -0.2) is 23.4 Å². The van der Waals surface area contributed by atoms with Crippen molar-refractivity contribution in [1.29, 1.82) is 0 Å². The Kier molecular flexibility index (Phi) is 4.51. The molecule has 0 saturated heterocycles. The molecule has 0 aromatic heterocycles. The van der Waals surface area contributed by atoms with Crippen molar-refractivity contribution in [3.8, 4) is 0 Å². The maximum absolute atomic E-state index is 10.6. The fourth-order valence-corrected chi connectivity index (χ4v) is 1.40. The molecule has 0 aromatic rings. The van der Waals surface area contributed by atoms with E-state index >= 15 is 0 Å². The van der Waals surface area contributed by atoms with Gasteiger partial charge in [-0.3, -0.25) is 4.79 Å². The Morgan fingerprint density at radius 3 is 1.92 bits per heavy atom. The van der Waals surface area contributed by atoms with Crippen molar-refractivity contribution in [2.24, 2.45) is 5.73 Å².